The molecule has 10 heteroatoms. The van der Waals surface area contributed by atoms with Gasteiger partial charge >= 0.3 is 6.18 Å². The second-order valence-electron chi connectivity index (χ2n) is 4.13. The molecule has 1 atom stereocenters. The first-order valence-electron chi connectivity index (χ1n) is 5.76. The number of halogens is 3. The van der Waals surface area contributed by atoms with Gasteiger partial charge in [-0.25, -0.2) is 0 Å². The Bertz CT molecular complexity index is 642. The normalized spacial score (nSPS) is 15.7. The monoisotopic (exact) mass is 346 g/mol. The van der Waals surface area contributed by atoms with Crippen LogP contribution in [0.5, 0.6) is 0 Å². The van der Waals surface area contributed by atoms with Gasteiger partial charge in [-0.2, -0.15) is 21.6 Å². The molecule has 1 unspecified atom stereocenters. The first kappa shape index (κ1) is 18.2. The molecule has 0 saturated heterocycles. The van der Waals surface area contributed by atoms with E-state index < -0.39 is 40.5 Å². The summed E-state index contributed by atoms with van der Waals surface area (Å²) in [6, 6.07) is 3.61. The smallest absolute Gasteiger partial charge is 0.327 e. The van der Waals surface area contributed by atoms with Crippen molar-refractivity contribution in [2.45, 2.75) is 18.0 Å². The summed E-state index contributed by atoms with van der Waals surface area (Å²) in [6.07, 6.45) is -5.67. The first-order chi connectivity index (χ1) is 9.49. The van der Waals surface area contributed by atoms with Crippen molar-refractivity contribution in [3.05, 3.63) is 29.8 Å². The molecule has 0 amide bonds. The van der Waals surface area contributed by atoms with Crippen molar-refractivity contribution >= 4 is 17.5 Å². The summed E-state index contributed by atoms with van der Waals surface area (Å²) < 4.78 is 83.0. The minimum atomic E-state index is -4.84. The van der Waals surface area contributed by atoms with Gasteiger partial charge in [-0.3, -0.25) is 8.75 Å². The van der Waals surface area contributed by atoms with Crippen molar-refractivity contribution in [1.29, 1.82) is 0 Å². The Morgan fingerprint density at radius 2 is 1.81 bits per heavy atom. The standard InChI is InChI=1S/C11H14F3O5PS/c1-3-18-20(2,15)8-19-21(16,17)10-7-5-4-6-9(10)11(12,13)14/h4-7H,3,8H2,1-2H3. The van der Waals surface area contributed by atoms with Gasteiger partial charge in [0.2, 0.25) is 7.37 Å². The van der Waals surface area contributed by atoms with Gasteiger partial charge in [-0.05, 0) is 19.1 Å². The van der Waals surface area contributed by atoms with Crippen molar-refractivity contribution in [2.24, 2.45) is 0 Å². The molecule has 0 N–H and O–H groups in total. The fraction of sp³-hybridized carbons (Fsp3) is 0.455. The van der Waals surface area contributed by atoms with Crippen molar-refractivity contribution < 1.29 is 34.9 Å². The highest BCUT2D eigenvalue weighted by atomic mass is 32.2. The van der Waals surface area contributed by atoms with E-state index in [-0.39, 0.29) is 6.61 Å². The van der Waals surface area contributed by atoms with Crippen LogP contribution < -0.4 is 0 Å². The molecule has 0 radical (unpaired) electrons. The minimum Gasteiger partial charge on any atom is -0.327 e. The molecule has 0 aromatic heterocycles. The molecule has 0 aliphatic heterocycles. The summed E-state index contributed by atoms with van der Waals surface area (Å²) in [4.78, 5) is -1.02. The highest BCUT2D eigenvalue weighted by Gasteiger charge is 2.37. The van der Waals surface area contributed by atoms with Crippen LogP contribution in [-0.2, 0) is 29.6 Å². The Balaban J connectivity index is 3.08. The molecule has 1 aromatic rings. The van der Waals surface area contributed by atoms with Gasteiger partial charge in [0.05, 0.1) is 12.2 Å². The van der Waals surface area contributed by atoms with Gasteiger partial charge in [0.25, 0.3) is 10.1 Å². The Kier molecular flexibility index (Phi) is 5.60. The second-order valence-corrected chi connectivity index (χ2v) is 8.26. The lowest BCUT2D eigenvalue weighted by molar-refractivity contribution is -0.140. The lowest BCUT2D eigenvalue weighted by atomic mass is 10.2. The van der Waals surface area contributed by atoms with Gasteiger partial charge < -0.3 is 4.52 Å². The average Bonchev–Trinajstić information content (AvgIpc) is 2.36. The van der Waals surface area contributed by atoms with Crippen molar-refractivity contribution in [3.8, 4) is 0 Å². The maximum absolute atomic E-state index is 12.8. The molecule has 0 aliphatic rings. The van der Waals surface area contributed by atoms with Crippen LogP contribution in [0, 0.1) is 0 Å². The molecular weight excluding hydrogens is 332 g/mol. The molecule has 1 aromatic carbocycles. The number of rotatable bonds is 6. The average molecular weight is 346 g/mol. The maximum atomic E-state index is 12.8. The largest absolute Gasteiger partial charge is 0.417 e. The zero-order valence-corrected chi connectivity index (χ0v) is 13.0. The van der Waals surface area contributed by atoms with Crippen LogP contribution in [0.25, 0.3) is 0 Å². The van der Waals surface area contributed by atoms with E-state index in [9.17, 15) is 26.2 Å². The highest BCUT2D eigenvalue weighted by molar-refractivity contribution is 7.87. The summed E-state index contributed by atoms with van der Waals surface area (Å²) in [5.74, 6) is 0. The molecule has 21 heavy (non-hydrogen) atoms. The van der Waals surface area contributed by atoms with Crippen molar-refractivity contribution in [3.63, 3.8) is 0 Å². The van der Waals surface area contributed by atoms with Gasteiger partial charge in [-0.15, -0.1) is 0 Å². The van der Waals surface area contributed by atoms with Gasteiger partial charge in [-0.1, -0.05) is 12.1 Å². The lowest BCUT2D eigenvalue weighted by Gasteiger charge is -2.15. The highest BCUT2D eigenvalue weighted by Crippen LogP contribution is 2.43. The van der Waals surface area contributed by atoms with E-state index in [0.29, 0.717) is 6.07 Å². The van der Waals surface area contributed by atoms with Crippen molar-refractivity contribution in [1.82, 2.24) is 0 Å². The third-order valence-electron chi connectivity index (χ3n) is 2.31. The Morgan fingerprint density at radius 1 is 1.24 bits per heavy atom. The predicted molar refractivity (Wildman–Crippen MR) is 69.7 cm³/mol. The van der Waals surface area contributed by atoms with E-state index in [4.69, 9.17) is 4.52 Å². The fourth-order valence-electron chi connectivity index (χ4n) is 1.46. The van der Waals surface area contributed by atoms with Crippen LogP contribution in [0.4, 0.5) is 13.2 Å². The molecule has 0 spiro atoms. The molecule has 1 rings (SSSR count). The maximum Gasteiger partial charge on any atom is 0.417 e. The Labute approximate surface area is 120 Å². The molecule has 0 fully saturated rings. The van der Waals surface area contributed by atoms with Crippen LogP contribution in [0.3, 0.4) is 0 Å². The SMILES string of the molecule is CCOP(C)(=O)COS(=O)(=O)c1ccccc1C(F)(F)F. The van der Waals surface area contributed by atoms with Crippen LogP contribution in [0.15, 0.2) is 29.2 Å². The van der Waals surface area contributed by atoms with E-state index in [1.807, 2.05) is 0 Å². The number of alkyl halides is 3. The van der Waals surface area contributed by atoms with E-state index in [0.717, 1.165) is 24.9 Å². The molecular formula is C11H14F3O5PS. The third kappa shape index (κ3) is 5.10. The van der Waals surface area contributed by atoms with E-state index in [2.05, 4.69) is 4.18 Å². The van der Waals surface area contributed by atoms with E-state index in [1.165, 1.54) is 0 Å². The van der Waals surface area contributed by atoms with Gasteiger partial charge in [0.1, 0.15) is 11.2 Å². The van der Waals surface area contributed by atoms with E-state index in [1.54, 1.807) is 6.92 Å². The lowest BCUT2D eigenvalue weighted by Crippen LogP contribution is -2.15. The fourth-order valence-corrected chi connectivity index (χ4v) is 4.22. The van der Waals surface area contributed by atoms with Gasteiger partial charge in [0, 0.05) is 6.66 Å². The molecule has 0 aliphatic carbocycles. The van der Waals surface area contributed by atoms with Crippen LogP contribution in [0.1, 0.15) is 12.5 Å². The van der Waals surface area contributed by atoms with Gasteiger partial charge in [0.15, 0.2) is 0 Å². The summed E-state index contributed by atoms with van der Waals surface area (Å²) >= 11 is 0. The van der Waals surface area contributed by atoms with Crippen LogP contribution >= 0.6 is 7.37 Å². The second kappa shape index (κ2) is 6.48. The zero-order valence-electron chi connectivity index (χ0n) is 11.3. The quantitative estimate of drug-likeness (QED) is 0.584. The summed E-state index contributed by atoms with van der Waals surface area (Å²) in [5.41, 5.74) is -1.34. The third-order valence-corrected chi connectivity index (χ3v) is 5.21. The molecule has 0 saturated carbocycles. The zero-order chi connectivity index (χ0) is 16.3. The summed E-state index contributed by atoms with van der Waals surface area (Å²) in [5, 5.41) is 0. The minimum absolute atomic E-state index is 0.0658. The molecule has 120 valence electrons. The number of hydrogen-bond donors (Lipinski definition) is 0. The molecule has 0 bridgehead atoms. The summed E-state index contributed by atoms with van der Waals surface area (Å²) in [6.45, 7) is 2.75. The molecule has 5 nitrogen and oxygen atoms in total. The topological polar surface area (TPSA) is 69.7 Å². The van der Waals surface area contributed by atoms with E-state index >= 15 is 0 Å². The Morgan fingerprint density at radius 3 is 2.33 bits per heavy atom. The number of hydrogen-bond acceptors (Lipinski definition) is 5. The molecule has 0 heterocycles. The predicted octanol–water partition coefficient (Wildman–Crippen LogP) is 3.31. The Hall–Kier alpha value is -0.890. The van der Waals surface area contributed by atoms with Crippen molar-refractivity contribution in [2.75, 3.05) is 19.6 Å². The summed E-state index contributed by atoms with van der Waals surface area (Å²) in [7, 11) is -8.05. The number of benzene rings is 1. The first-order valence-corrected chi connectivity index (χ1v) is 9.43. The van der Waals surface area contributed by atoms with Crippen LogP contribution in [0.2, 0.25) is 0 Å². The van der Waals surface area contributed by atoms with Crippen LogP contribution in [-0.4, -0.2) is 28.0 Å².